The first-order valence-corrected chi connectivity index (χ1v) is 10.6. The number of anilines is 1. The van der Waals surface area contributed by atoms with Gasteiger partial charge < -0.3 is 10.1 Å². The van der Waals surface area contributed by atoms with Crippen LogP contribution in [0.4, 0.5) is 5.69 Å². The van der Waals surface area contributed by atoms with Gasteiger partial charge in [-0.15, -0.1) is 10.2 Å². The lowest BCUT2D eigenvalue weighted by molar-refractivity contribution is 0.413. The van der Waals surface area contributed by atoms with Gasteiger partial charge in [0.15, 0.2) is 11.5 Å². The maximum absolute atomic E-state index is 5.24. The van der Waals surface area contributed by atoms with Crippen LogP contribution in [0.1, 0.15) is 5.82 Å². The summed E-state index contributed by atoms with van der Waals surface area (Å²) in [5, 5.41) is 21.2. The minimum Gasteiger partial charge on any atom is -0.495 e. The Morgan fingerprint density at radius 1 is 0.971 bits per heavy atom. The van der Waals surface area contributed by atoms with E-state index in [9.17, 15) is 0 Å². The van der Waals surface area contributed by atoms with Crippen molar-refractivity contribution >= 4 is 22.4 Å². The van der Waals surface area contributed by atoms with Gasteiger partial charge in [0, 0.05) is 24.0 Å². The summed E-state index contributed by atoms with van der Waals surface area (Å²) in [6.45, 7) is 0.410. The van der Waals surface area contributed by atoms with Crippen molar-refractivity contribution in [3.05, 3.63) is 85.2 Å². The second kappa shape index (κ2) is 8.24. The fourth-order valence-electron chi connectivity index (χ4n) is 3.71. The average molecular weight is 449 g/mol. The molecule has 0 aliphatic heterocycles. The van der Waals surface area contributed by atoms with Gasteiger partial charge >= 0.3 is 0 Å². The lowest BCUT2D eigenvalue weighted by Crippen LogP contribution is -2.07. The fourth-order valence-corrected chi connectivity index (χ4v) is 3.71. The number of ether oxygens (including phenoxy) is 1. The predicted molar refractivity (Wildman–Crippen MR) is 127 cm³/mol. The third-order valence-corrected chi connectivity index (χ3v) is 5.45. The third-order valence-electron chi connectivity index (χ3n) is 5.45. The summed E-state index contributed by atoms with van der Waals surface area (Å²) in [6.07, 6.45) is 7.15. The standard InChI is InChI=1S/C24H19N9O/c1-34-18-11-21-24(27-13-18)20(9-10-25-21)26-14-23-30-29-22-8-7-19(31-33(22)23)16-12-28-32(15-16)17-5-3-2-4-6-17/h2-13,15H,14H2,1H3,(H,25,26). The summed E-state index contributed by atoms with van der Waals surface area (Å²) >= 11 is 0. The molecule has 166 valence electrons. The van der Waals surface area contributed by atoms with Crippen LogP contribution in [0.25, 0.3) is 33.6 Å². The van der Waals surface area contributed by atoms with Gasteiger partial charge in [-0.25, -0.2) is 9.67 Å². The topological polar surface area (TPSA) is 108 Å². The molecular weight excluding hydrogens is 430 g/mol. The van der Waals surface area contributed by atoms with Crippen molar-refractivity contribution in [2.24, 2.45) is 0 Å². The number of hydrogen-bond acceptors (Lipinski definition) is 8. The van der Waals surface area contributed by atoms with Crippen molar-refractivity contribution in [1.29, 1.82) is 0 Å². The van der Waals surface area contributed by atoms with E-state index in [1.807, 2.05) is 65.5 Å². The van der Waals surface area contributed by atoms with Crippen molar-refractivity contribution in [1.82, 2.24) is 39.6 Å². The molecule has 5 aromatic heterocycles. The quantitative estimate of drug-likeness (QED) is 0.411. The van der Waals surface area contributed by atoms with Gasteiger partial charge in [0.05, 0.1) is 48.6 Å². The molecule has 5 heterocycles. The zero-order valence-electron chi connectivity index (χ0n) is 18.2. The molecule has 0 unspecified atom stereocenters. The summed E-state index contributed by atoms with van der Waals surface area (Å²) in [5.41, 5.74) is 5.66. The van der Waals surface area contributed by atoms with E-state index in [1.54, 1.807) is 30.2 Å². The monoisotopic (exact) mass is 449 g/mol. The maximum atomic E-state index is 5.24. The minimum absolute atomic E-state index is 0.410. The lowest BCUT2D eigenvalue weighted by Gasteiger charge is -2.08. The molecule has 0 spiro atoms. The SMILES string of the molecule is COc1cnc2c(NCc3nnc4ccc(-c5cnn(-c6ccccc6)c5)nn34)ccnc2c1. The molecule has 0 saturated heterocycles. The van der Waals surface area contributed by atoms with Gasteiger partial charge in [0.2, 0.25) is 0 Å². The van der Waals surface area contributed by atoms with Gasteiger partial charge in [-0.3, -0.25) is 4.98 Å². The van der Waals surface area contributed by atoms with Gasteiger partial charge in [-0.1, -0.05) is 18.2 Å². The molecule has 1 N–H and O–H groups in total. The number of pyridine rings is 2. The summed E-state index contributed by atoms with van der Waals surface area (Å²) in [4.78, 5) is 8.86. The first kappa shape index (κ1) is 19.8. The van der Waals surface area contributed by atoms with Gasteiger partial charge in [-0.2, -0.15) is 14.7 Å². The molecule has 1 aromatic carbocycles. The molecule has 0 aliphatic carbocycles. The van der Waals surface area contributed by atoms with E-state index in [-0.39, 0.29) is 0 Å². The maximum Gasteiger partial charge on any atom is 0.178 e. The molecule has 0 bridgehead atoms. The van der Waals surface area contributed by atoms with Gasteiger partial charge in [0.1, 0.15) is 11.3 Å². The zero-order chi connectivity index (χ0) is 22.9. The summed E-state index contributed by atoms with van der Waals surface area (Å²) in [7, 11) is 1.61. The van der Waals surface area contributed by atoms with Crippen LogP contribution in [0, 0.1) is 0 Å². The van der Waals surface area contributed by atoms with Gasteiger partial charge in [0.25, 0.3) is 0 Å². The van der Waals surface area contributed by atoms with Gasteiger partial charge in [-0.05, 0) is 30.3 Å². The van der Waals surface area contributed by atoms with Crippen LogP contribution in [0.5, 0.6) is 5.75 Å². The van der Waals surface area contributed by atoms with E-state index < -0.39 is 0 Å². The summed E-state index contributed by atoms with van der Waals surface area (Å²) in [5.74, 6) is 1.33. The highest BCUT2D eigenvalue weighted by molar-refractivity contribution is 5.87. The number of aromatic nitrogens is 8. The van der Waals surface area contributed by atoms with E-state index in [1.165, 1.54) is 0 Å². The first-order chi connectivity index (χ1) is 16.8. The molecule has 0 fully saturated rings. The number of hydrogen-bond donors (Lipinski definition) is 1. The second-order valence-corrected chi connectivity index (χ2v) is 7.57. The Labute approximate surface area is 193 Å². The van der Waals surface area contributed by atoms with Crippen LogP contribution < -0.4 is 10.1 Å². The Morgan fingerprint density at radius 3 is 2.76 bits per heavy atom. The smallest absolute Gasteiger partial charge is 0.178 e. The van der Waals surface area contributed by atoms with Crippen molar-refractivity contribution in [3.8, 4) is 22.7 Å². The molecule has 10 nitrogen and oxygen atoms in total. The Morgan fingerprint density at radius 2 is 1.88 bits per heavy atom. The van der Waals surface area contributed by atoms with Crippen molar-refractivity contribution in [2.75, 3.05) is 12.4 Å². The molecule has 10 heteroatoms. The van der Waals surface area contributed by atoms with Crippen LogP contribution in [0.15, 0.2) is 79.4 Å². The van der Waals surface area contributed by atoms with E-state index in [0.29, 0.717) is 23.8 Å². The average Bonchev–Trinajstić information content (AvgIpc) is 3.55. The van der Waals surface area contributed by atoms with Crippen LogP contribution in [-0.2, 0) is 6.54 Å². The molecular formula is C24H19N9O. The number of fused-ring (bicyclic) bond motifs is 2. The highest BCUT2D eigenvalue weighted by Gasteiger charge is 2.12. The number of methoxy groups -OCH3 is 1. The lowest BCUT2D eigenvalue weighted by atomic mass is 10.2. The van der Waals surface area contributed by atoms with Crippen LogP contribution in [-0.4, -0.2) is 46.7 Å². The fraction of sp³-hybridized carbons (Fsp3) is 0.0833. The number of nitrogens with zero attached hydrogens (tertiary/aromatic N) is 8. The van der Waals surface area contributed by atoms with Crippen molar-refractivity contribution in [3.63, 3.8) is 0 Å². The first-order valence-electron chi connectivity index (χ1n) is 10.6. The van der Waals surface area contributed by atoms with Crippen LogP contribution >= 0.6 is 0 Å². The van der Waals surface area contributed by atoms with Crippen molar-refractivity contribution in [2.45, 2.75) is 6.54 Å². The highest BCUT2D eigenvalue weighted by Crippen LogP contribution is 2.23. The molecule has 6 aromatic rings. The molecule has 0 amide bonds. The second-order valence-electron chi connectivity index (χ2n) is 7.57. The largest absolute Gasteiger partial charge is 0.495 e. The molecule has 0 radical (unpaired) electrons. The van der Waals surface area contributed by atoms with Crippen LogP contribution in [0.3, 0.4) is 0 Å². The molecule has 0 aliphatic rings. The number of rotatable bonds is 6. The van der Waals surface area contributed by atoms with E-state index >= 15 is 0 Å². The summed E-state index contributed by atoms with van der Waals surface area (Å²) in [6, 6.07) is 17.5. The molecule has 0 atom stereocenters. The molecule has 0 saturated carbocycles. The summed E-state index contributed by atoms with van der Waals surface area (Å²) < 4.78 is 8.81. The van der Waals surface area contributed by atoms with E-state index in [0.717, 1.165) is 33.7 Å². The zero-order valence-corrected chi connectivity index (χ0v) is 18.2. The van der Waals surface area contributed by atoms with E-state index in [2.05, 4.69) is 30.6 Å². The third kappa shape index (κ3) is 3.56. The Hall–Kier alpha value is -4.86. The number of nitrogens with one attached hydrogen (secondary N) is 1. The van der Waals surface area contributed by atoms with E-state index in [4.69, 9.17) is 9.84 Å². The van der Waals surface area contributed by atoms with Crippen molar-refractivity contribution < 1.29 is 4.74 Å². The predicted octanol–water partition coefficient (Wildman–Crippen LogP) is 3.54. The molecule has 34 heavy (non-hydrogen) atoms. The molecule has 6 rings (SSSR count). The Kier molecular flexibility index (Phi) is 4.80. The minimum atomic E-state index is 0.410. The Balaban J connectivity index is 1.29. The Bertz CT molecular complexity index is 1610. The number of benzene rings is 1. The highest BCUT2D eigenvalue weighted by atomic mass is 16.5. The number of para-hydroxylation sites is 1. The van der Waals surface area contributed by atoms with Crippen LogP contribution in [0.2, 0.25) is 0 Å². The normalized spacial score (nSPS) is 11.2.